The lowest BCUT2D eigenvalue weighted by Gasteiger charge is -2.04. The Morgan fingerprint density at radius 3 is 2.81 bits per heavy atom. The molecule has 4 heteroatoms. The van der Waals surface area contributed by atoms with E-state index < -0.39 is 0 Å². The zero-order valence-electron chi connectivity index (χ0n) is 11.8. The molecule has 2 nitrogen and oxygen atoms in total. The van der Waals surface area contributed by atoms with Crippen molar-refractivity contribution in [2.24, 2.45) is 5.92 Å². The standard InChI is InChI=1S/C17H14BrNOS/c1-10(2)17(20)15-7-6-14(21-15)13-5-3-4-11-8-12(18)9-19-16(11)13/h3-10H,1-2H3. The van der Waals surface area contributed by atoms with Gasteiger partial charge in [0.05, 0.1) is 10.4 Å². The first kappa shape index (κ1) is 14.4. The Balaban J connectivity index is 2.11. The average molecular weight is 360 g/mol. The van der Waals surface area contributed by atoms with Crippen LogP contribution in [0.25, 0.3) is 21.3 Å². The summed E-state index contributed by atoms with van der Waals surface area (Å²) in [5.41, 5.74) is 2.04. The van der Waals surface area contributed by atoms with E-state index in [1.807, 2.05) is 38.1 Å². The third kappa shape index (κ3) is 2.78. The first-order valence-corrected chi connectivity index (χ1v) is 8.36. The predicted octanol–water partition coefficient (Wildman–Crippen LogP) is 5.56. The Hall–Kier alpha value is -1.52. The molecular weight excluding hydrogens is 346 g/mol. The monoisotopic (exact) mass is 359 g/mol. The van der Waals surface area contributed by atoms with Crippen molar-refractivity contribution in [2.75, 3.05) is 0 Å². The van der Waals surface area contributed by atoms with E-state index >= 15 is 0 Å². The SMILES string of the molecule is CC(C)C(=O)c1ccc(-c2cccc3cc(Br)cnc23)s1. The topological polar surface area (TPSA) is 30.0 Å². The molecule has 0 amide bonds. The summed E-state index contributed by atoms with van der Waals surface area (Å²) in [4.78, 5) is 18.5. The number of pyridine rings is 1. The Labute approximate surface area is 136 Å². The third-order valence-electron chi connectivity index (χ3n) is 3.32. The van der Waals surface area contributed by atoms with Crippen LogP contribution < -0.4 is 0 Å². The van der Waals surface area contributed by atoms with Gasteiger partial charge < -0.3 is 0 Å². The van der Waals surface area contributed by atoms with Gasteiger partial charge in [0, 0.05) is 32.4 Å². The summed E-state index contributed by atoms with van der Waals surface area (Å²) in [6, 6.07) is 12.1. The van der Waals surface area contributed by atoms with Crippen molar-refractivity contribution in [3.05, 3.63) is 51.9 Å². The molecule has 0 radical (unpaired) electrons. The van der Waals surface area contributed by atoms with Crippen LogP contribution in [-0.2, 0) is 0 Å². The lowest BCUT2D eigenvalue weighted by molar-refractivity contribution is 0.0943. The predicted molar refractivity (Wildman–Crippen MR) is 91.9 cm³/mol. The highest BCUT2D eigenvalue weighted by molar-refractivity contribution is 9.10. The fourth-order valence-electron chi connectivity index (χ4n) is 2.23. The molecule has 0 fully saturated rings. The lowest BCUT2D eigenvalue weighted by Crippen LogP contribution is -2.04. The number of hydrogen-bond donors (Lipinski definition) is 0. The number of carbonyl (C=O) groups excluding carboxylic acids is 1. The minimum atomic E-state index is 0.0260. The molecule has 0 saturated heterocycles. The molecule has 3 aromatic rings. The van der Waals surface area contributed by atoms with Gasteiger partial charge in [-0.3, -0.25) is 9.78 Å². The summed E-state index contributed by atoms with van der Waals surface area (Å²) >= 11 is 4.99. The van der Waals surface area contributed by atoms with Gasteiger partial charge in [-0.1, -0.05) is 32.0 Å². The summed E-state index contributed by atoms with van der Waals surface area (Å²) in [6.45, 7) is 3.86. The normalized spacial score (nSPS) is 11.2. The first-order valence-electron chi connectivity index (χ1n) is 6.75. The number of fused-ring (bicyclic) bond motifs is 1. The van der Waals surface area contributed by atoms with Crippen molar-refractivity contribution in [1.29, 1.82) is 0 Å². The lowest BCUT2D eigenvalue weighted by atomic mass is 10.1. The van der Waals surface area contributed by atoms with Crippen molar-refractivity contribution in [2.45, 2.75) is 13.8 Å². The van der Waals surface area contributed by atoms with Crippen LogP contribution in [0.4, 0.5) is 0 Å². The van der Waals surface area contributed by atoms with E-state index in [4.69, 9.17) is 0 Å². The summed E-state index contributed by atoms with van der Waals surface area (Å²) < 4.78 is 0.967. The van der Waals surface area contributed by atoms with E-state index in [0.717, 1.165) is 30.7 Å². The van der Waals surface area contributed by atoms with Gasteiger partial charge in [0.15, 0.2) is 5.78 Å². The number of carbonyl (C=O) groups is 1. The van der Waals surface area contributed by atoms with Gasteiger partial charge >= 0.3 is 0 Å². The fourth-order valence-corrected chi connectivity index (χ4v) is 3.70. The van der Waals surface area contributed by atoms with Crippen LogP contribution in [0.3, 0.4) is 0 Å². The molecule has 21 heavy (non-hydrogen) atoms. The van der Waals surface area contributed by atoms with Crippen LogP contribution in [0, 0.1) is 5.92 Å². The second-order valence-corrected chi connectivity index (χ2v) is 7.21. The minimum absolute atomic E-state index is 0.0260. The van der Waals surface area contributed by atoms with Crippen molar-refractivity contribution in [3.63, 3.8) is 0 Å². The molecule has 2 heterocycles. The van der Waals surface area contributed by atoms with Crippen LogP contribution in [0.1, 0.15) is 23.5 Å². The number of ketones is 1. The Bertz CT molecular complexity index is 823. The molecule has 0 N–H and O–H groups in total. The van der Waals surface area contributed by atoms with Crippen LogP contribution in [0.5, 0.6) is 0 Å². The van der Waals surface area contributed by atoms with Gasteiger partial charge in [0.2, 0.25) is 0 Å². The summed E-state index contributed by atoms with van der Waals surface area (Å²) in [5.74, 6) is 0.222. The Kier molecular flexibility index (Phi) is 3.91. The van der Waals surface area contributed by atoms with Crippen molar-refractivity contribution >= 4 is 44.0 Å². The molecular formula is C17H14BrNOS. The molecule has 0 bridgehead atoms. The minimum Gasteiger partial charge on any atom is -0.293 e. The van der Waals surface area contributed by atoms with E-state index in [1.165, 1.54) is 0 Å². The number of rotatable bonds is 3. The van der Waals surface area contributed by atoms with Crippen molar-refractivity contribution in [3.8, 4) is 10.4 Å². The second-order valence-electron chi connectivity index (χ2n) is 5.21. The van der Waals surface area contributed by atoms with Crippen LogP contribution in [-0.4, -0.2) is 10.8 Å². The van der Waals surface area contributed by atoms with Gasteiger partial charge in [0.25, 0.3) is 0 Å². The molecule has 0 aliphatic rings. The van der Waals surface area contributed by atoms with Gasteiger partial charge in [0.1, 0.15) is 0 Å². The molecule has 3 rings (SSSR count). The highest BCUT2D eigenvalue weighted by atomic mass is 79.9. The average Bonchev–Trinajstić information content (AvgIpc) is 2.94. The van der Waals surface area contributed by atoms with Gasteiger partial charge in [-0.15, -0.1) is 11.3 Å². The highest BCUT2D eigenvalue weighted by Gasteiger charge is 2.15. The van der Waals surface area contributed by atoms with E-state index in [1.54, 1.807) is 17.5 Å². The largest absolute Gasteiger partial charge is 0.293 e. The molecule has 1 aromatic carbocycles. The number of Topliss-reactive ketones (excluding diaryl/α,β-unsaturated/α-hetero) is 1. The van der Waals surface area contributed by atoms with E-state index in [9.17, 15) is 4.79 Å². The molecule has 106 valence electrons. The Morgan fingerprint density at radius 1 is 1.24 bits per heavy atom. The smallest absolute Gasteiger partial charge is 0.175 e. The first-order chi connectivity index (χ1) is 10.1. The molecule has 0 saturated carbocycles. The van der Waals surface area contributed by atoms with Gasteiger partial charge in [-0.2, -0.15) is 0 Å². The maximum atomic E-state index is 12.1. The van der Waals surface area contributed by atoms with Crippen LogP contribution in [0.2, 0.25) is 0 Å². The number of aromatic nitrogens is 1. The number of benzene rings is 1. The van der Waals surface area contributed by atoms with Gasteiger partial charge in [-0.25, -0.2) is 0 Å². The fraction of sp³-hybridized carbons (Fsp3) is 0.176. The second kappa shape index (κ2) is 5.70. The van der Waals surface area contributed by atoms with E-state index in [0.29, 0.717) is 0 Å². The molecule has 0 aliphatic heterocycles. The number of thiophene rings is 1. The highest BCUT2D eigenvalue weighted by Crippen LogP contribution is 2.34. The quantitative estimate of drug-likeness (QED) is 0.572. The number of para-hydroxylation sites is 1. The maximum absolute atomic E-state index is 12.1. The van der Waals surface area contributed by atoms with Crippen LogP contribution in [0.15, 0.2) is 47.1 Å². The maximum Gasteiger partial charge on any atom is 0.175 e. The van der Waals surface area contributed by atoms with Gasteiger partial charge in [-0.05, 0) is 34.1 Å². The van der Waals surface area contributed by atoms with Crippen LogP contribution >= 0.6 is 27.3 Å². The Morgan fingerprint density at radius 2 is 2.05 bits per heavy atom. The summed E-state index contributed by atoms with van der Waals surface area (Å²) in [5, 5.41) is 1.09. The van der Waals surface area contributed by atoms with E-state index in [-0.39, 0.29) is 11.7 Å². The van der Waals surface area contributed by atoms with E-state index in [2.05, 4.69) is 33.0 Å². The zero-order valence-corrected chi connectivity index (χ0v) is 14.2. The molecule has 0 spiro atoms. The third-order valence-corrected chi connectivity index (χ3v) is 4.88. The number of halogens is 1. The summed E-state index contributed by atoms with van der Waals surface area (Å²) in [7, 11) is 0. The zero-order chi connectivity index (χ0) is 15.0. The van der Waals surface area contributed by atoms with Crippen molar-refractivity contribution < 1.29 is 4.79 Å². The number of hydrogen-bond acceptors (Lipinski definition) is 3. The summed E-state index contributed by atoms with van der Waals surface area (Å²) in [6.07, 6.45) is 1.81. The molecule has 0 atom stereocenters. The molecule has 0 unspecified atom stereocenters. The molecule has 2 aromatic heterocycles. The number of nitrogens with zero attached hydrogens (tertiary/aromatic N) is 1. The van der Waals surface area contributed by atoms with Crippen molar-refractivity contribution in [1.82, 2.24) is 4.98 Å². The molecule has 0 aliphatic carbocycles.